The molecule has 0 bridgehead atoms. The largest absolute Gasteiger partial charge is 0.489 e. The molecular formula is C22H22O2. The molecule has 0 spiro atoms. The summed E-state index contributed by atoms with van der Waals surface area (Å²) in [6, 6.07) is 22.2. The molecule has 24 heavy (non-hydrogen) atoms. The third kappa shape index (κ3) is 3.34. The van der Waals surface area contributed by atoms with Gasteiger partial charge in [-0.15, -0.1) is 0 Å². The molecule has 2 nitrogen and oxygen atoms in total. The van der Waals surface area contributed by atoms with Crippen LogP contribution in [0.5, 0.6) is 5.75 Å². The molecule has 0 aliphatic rings. The zero-order valence-electron chi connectivity index (χ0n) is 14.1. The fourth-order valence-electron chi connectivity index (χ4n) is 2.90. The van der Waals surface area contributed by atoms with E-state index in [2.05, 4.69) is 38.1 Å². The second-order valence-electron chi connectivity index (χ2n) is 5.95. The van der Waals surface area contributed by atoms with Crippen molar-refractivity contribution in [2.45, 2.75) is 27.1 Å². The van der Waals surface area contributed by atoms with Gasteiger partial charge >= 0.3 is 0 Å². The van der Waals surface area contributed by atoms with Gasteiger partial charge in [0.25, 0.3) is 0 Å². The molecule has 3 aromatic carbocycles. The van der Waals surface area contributed by atoms with Crippen molar-refractivity contribution in [3.8, 4) is 16.9 Å². The van der Waals surface area contributed by atoms with E-state index in [0.29, 0.717) is 6.61 Å². The molecule has 3 rings (SSSR count). The van der Waals surface area contributed by atoms with E-state index in [0.717, 1.165) is 33.6 Å². The van der Waals surface area contributed by atoms with Gasteiger partial charge in [-0.25, -0.2) is 0 Å². The quantitative estimate of drug-likeness (QED) is 0.714. The van der Waals surface area contributed by atoms with E-state index >= 15 is 0 Å². The number of hydrogen-bond donors (Lipinski definition) is 1. The highest BCUT2D eigenvalue weighted by Gasteiger charge is 2.11. The summed E-state index contributed by atoms with van der Waals surface area (Å²) in [7, 11) is 0. The van der Waals surface area contributed by atoms with Crippen LogP contribution < -0.4 is 4.74 Å². The predicted molar refractivity (Wildman–Crippen MR) is 98.0 cm³/mol. The zero-order valence-corrected chi connectivity index (χ0v) is 14.1. The Morgan fingerprint density at radius 1 is 0.750 bits per heavy atom. The molecule has 0 heterocycles. The molecule has 0 unspecified atom stereocenters. The van der Waals surface area contributed by atoms with Crippen molar-refractivity contribution in [1.29, 1.82) is 0 Å². The molecule has 3 aromatic rings. The van der Waals surface area contributed by atoms with Crippen molar-refractivity contribution in [2.24, 2.45) is 0 Å². The Hall–Kier alpha value is -2.58. The summed E-state index contributed by atoms with van der Waals surface area (Å²) in [5.41, 5.74) is 6.64. The maximum atomic E-state index is 9.58. The molecule has 0 radical (unpaired) electrons. The molecule has 0 aliphatic heterocycles. The third-order valence-electron chi connectivity index (χ3n) is 4.45. The van der Waals surface area contributed by atoms with Gasteiger partial charge in [-0.3, -0.25) is 0 Å². The molecule has 0 aromatic heterocycles. The Kier molecular flexibility index (Phi) is 4.97. The lowest BCUT2D eigenvalue weighted by Crippen LogP contribution is -1.99. The minimum absolute atomic E-state index is 0.0426. The summed E-state index contributed by atoms with van der Waals surface area (Å²) >= 11 is 0. The van der Waals surface area contributed by atoms with E-state index in [9.17, 15) is 5.11 Å². The first-order chi connectivity index (χ1) is 11.7. The first-order valence-corrected chi connectivity index (χ1v) is 8.16. The highest BCUT2D eigenvalue weighted by molar-refractivity contribution is 5.72. The maximum absolute atomic E-state index is 9.58. The Morgan fingerprint density at radius 2 is 1.46 bits per heavy atom. The predicted octanol–water partition coefficient (Wildman–Crippen LogP) is 5.04. The number of aliphatic hydroxyl groups excluding tert-OH is 1. The van der Waals surface area contributed by atoms with Crippen LogP contribution in [0.4, 0.5) is 0 Å². The summed E-state index contributed by atoms with van der Waals surface area (Å²) in [5.74, 6) is 0.904. The van der Waals surface area contributed by atoms with E-state index in [-0.39, 0.29) is 6.61 Å². The minimum Gasteiger partial charge on any atom is -0.489 e. The Bertz CT molecular complexity index is 823. The fraction of sp³-hybridized carbons (Fsp3) is 0.182. The number of benzene rings is 3. The van der Waals surface area contributed by atoms with Crippen molar-refractivity contribution < 1.29 is 9.84 Å². The molecule has 0 aliphatic carbocycles. The molecule has 1 N–H and O–H groups in total. The van der Waals surface area contributed by atoms with Crippen molar-refractivity contribution in [1.82, 2.24) is 0 Å². The van der Waals surface area contributed by atoms with Gasteiger partial charge in [0.1, 0.15) is 12.4 Å². The number of rotatable bonds is 5. The van der Waals surface area contributed by atoms with Crippen molar-refractivity contribution in [2.75, 3.05) is 0 Å². The van der Waals surface area contributed by atoms with Crippen LogP contribution in [-0.4, -0.2) is 5.11 Å². The Labute approximate surface area is 143 Å². The third-order valence-corrected chi connectivity index (χ3v) is 4.45. The lowest BCUT2D eigenvalue weighted by atomic mass is 9.93. The van der Waals surface area contributed by atoms with Crippen LogP contribution in [-0.2, 0) is 13.2 Å². The van der Waals surface area contributed by atoms with Crippen LogP contribution in [0.15, 0.2) is 66.7 Å². The highest BCUT2D eigenvalue weighted by Crippen LogP contribution is 2.33. The maximum Gasteiger partial charge on any atom is 0.123 e. The fourth-order valence-corrected chi connectivity index (χ4v) is 2.90. The topological polar surface area (TPSA) is 29.5 Å². The zero-order chi connectivity index (χ0) is 16.9. The smallest absolute Gasteiger partial charge is 0.123 e. The lowest BCUT2D eigenvalue weighted by Gasteiger charge is -2.16. The minimum atomic E-state index is 0.0426. The second kappa shape index (κ2) is 7.33. The second-order valence-corrected chi connectivity index (χ2v) is 5.95. The monoisotopic (exact) mass is 318 g/mol. The first kappa shape index (κ1) is 16.3. The summed E-state index contributed by atoms with van der Waals surface area (Å²) in [6.45, 7) is 4.80. The molecule has 2 heteroatoms. The molecule has 0 amide bonds. The SMILES string of the molecule is Cc1c(OCc2ccccc2)ccc(-c2ccccc2CO)c1C. The standard InChI is InChI=1S/C22H22O2/c1-16-17(2)22(24-15-18-8-4-3-5-9-18)13-12-20(16)21-11-7-6-10-19(21)14-23/h3-13,23H,14-15H2,1-2H3. The van der Waals surface area contributed by atoms with Crippen LogP contribution in [0.3, 0.4) is 0 Å². The molecular weight excluding hydrogens is 296 g/mol. The number of aliphatic hydroxyl groups is 1. The molecule has 0 atom stereocenters. The average molecular weight is 318 g/mol. The Morgan fingerprint density at radius 3 is 2.21 bits per heavy atom. The molecule has 0 saturated heterocycles. The summed E-state index contributed by atoms with van der Waals surface area (Å²) in [4.78, 5) is 0. The molecule has 0 fully saturated rings. The van der Waals surface area contributed by atoms with Crippen LogP contribution in [0, 0.1) is 13.8 Å². The van der Waals surface area contributed by atoms with Gasteiger partial charge in [-0.1, -0.05) is 60.7 Å². The number of ether oxygens (including phenoxy) is 1. The molecule has 0 saturated carbocycles. The van der Waals surface area contributed by atoms with Crippen molar-refractivity contribution in [3.05, 3.63) is 89.0 Å². The summed E-state index contributed by atoms with van der Waals surface area (Å²) in [5, 5.41) is 9.58. The average Bonchev–Trinajstić information content (AvgIpc) is 2.64. The van der Waals surface area contributed by atoms with Crippen molar-refractivity contribution >= 4 is 0 Å². The molecule has 122 valence electrons. The van der Waals surface area contributed by atoms with Gasteiger partial charge in [0.05, 0.1) is 6.61 Å². The van der Waals surface area contributed by atoms with E-state index < -0.39 is 0 Å². The summed E-state index contributed by atoms with van der Waals surface area (Å²) < 4.78 is 6.00. The van der Waals surface area contributed by atoms with Crippen LogP contribution in [0.1, 0.15) is 22.3 Å². The first-order valence-electron chi connectivity index (χ1n) is 8.16. The Balaban J connectivity index is 1.89. The number of hydrogen-bond acceptors (Lipinski definition) is 2. The van der Waals surface area contributed by atoms with Gasteiger partial charge in [0.2, 0.25) is 0 Å². The lowest BCUT2D eigenvalue weighted by molar-refractivity contribution is 0.282. The van der Waals surface area contributed by atoms with Crippen molar-refractivity contribution in [3.63, 3.8) is 0 Å². The van der Waals surface area contributed by atoms with Gasteiger partial charge < -0.3 is 9.84 Å². The van der Waals surface area contributed by atoms with Gasteiger partial charge in [0.15, 0.2) is 0 Å². The van der Waals surface area contributed by atoms with E-state index in [1.165, 1.54) is 5.56 Å². The van der Waals surface area contributed by atoms with E-state index in [1.807, 2.05) is 42.5 Å². The van der Waals surface area contributed by atoms with Crippen LogP contribution in [0.25, 0.3) is 11.1 Å². The van der Waals surface area contributed by atoms with E-state index in [1.54, 1.807) is 0 Å². The van der Waals surface area contributed by atoms with Gasteiger partial charge in [-0.2, -0.15) is 0 Å². The van der Waals surface area contributed by atoms with Crippen LogP contribution >= 0.6 is 0 Å². The van der Waals surface area contributed by atoms with Gasteiger partial charge in [0, 0.05) is 0 Å². The normalized spacial score (nSPS) is 10.6. The highest BCUT2D eigenvalue weighted by atomic mass is 16.5. The van der Waals surface area contributed by atoms with Gasteiger partial charge in [-0.05, 0) is 53.3 Å². The summed E-state index contributed by atoms with van der Waals surface area (Å²) in [6.07, 6.45) is 0. The van der Waals surface area contributed by atoms with Crippen LogP contribution in [0.2, 0.25) is 0 Å². The van der Waals surface area contributed by atoms with E-state index in [4.69, 9.17) is 4.74 Å².